The molecule has 1 N–H and O–H groups in total. The molecule has 80 valence electrons. The summed E-state index contributed by atoms with van der Waals surface area (Å²) in [4.78, 5) is 0. The van der Waals surface area contributed by atoms with E-state index in [4.69, 9.17) is 0 Å². The minimum absolute atomic E-state index is 0.740. The molecule has 13 heavy (non-hydrogen) atoms. The van der Waals surface area contributed by atoms with E-state index in [-0.39, 0.29) is 0 Å². The highest BCUT2D eigenvalue weighted by Gasteiger charge is 2.04. The Labute approximate surface area is 89.1 Å². The smallest absolute Gasteiger partial charge is 0.00672 e. The van der Waals surface area contributed by atoms with Gasteiger partial charge in [0.05, 0.1) is 0 Å². The third kappa shape index (κ3) is 8.63. The Balaban J connectivity index is 3.41. The molecule has 0 saturated carbocycles. The number of thiol groups is 1. The van der Waals surface area contributed by atoms with Crippen molar-refractivity contribution in [2.45, 2.75) is 58.4 Å². The van der Waals surface area contributed by atoms with Crippen molar-refractivity contribution in [2.24, 2.45) is 0 Å². The normalized spacial score (nSPS) is 13.2. The fourth-order valence-electron chi connectivity index (χ4n) is 1.52. The first-order chi connectivity index (χ1) is 6.35. The molecule has 0 aliphatic heterocycles. The van der Waals surface area contributed by atoms with E-state index in [0.29, 0.717) is 0 Å². The van der Waals surface area contributed by atoms with Crippen LogP contribution in [0.5, 0.6) is 0 Å². The summed E-state index contributed by atoms with van der Waals surface area (Å²) in [6, 6.07) is 0.740. The van der Waals surface area contributed by atoms with Crippen LogP contribution in [0.25, 0.3) is 0 Å². The van der Waals surface area contributed by atoms with Gasteiger partial charge in [0, 0.05) is 6.04 Å². The minimum atomic E-state index is 0.740. The van der Waals surface area contributed by atoms with E-state index >= 15 is 0 Å². The Morgan fingerprint density at radius 3 is 2.38 bits per heavy atom. The van der Waals surface area contributed by atoms with Crippen LogP contribution in [0.3, 0.4) is 0 Å². The first-order valence-corrected chi connectivity index (χ1v) is 6.32. The summed E-state index contributed by atoms with van der Waals surface area (Å²) in [5.41, 5.74) is 0. The summed E-state index contributed by atoms with van der Waals surface area (Å²) in [5, 5.41) is 3.62. The predicted molar refractivity (Wildman–Crippen MR) is 64.7 cm³/mol. The van der Waals surface area contributed by atoms with Gasteiger partial charge in [0.15, 0.2) is 0 Å². The molecule has 0 aliphatic rings. The maximum absolute atomic E-state index is 4.25. The van der Waals surface area contributed by atoms with E-state index in [9.17, 15) is 0 Å². The third-order valence-corrected chi connectivity index (χ3v) is 2.63. The quantitative estimate of drug-likeness (QED) is 0.433. The van der Waals surface area contributed by atoms with Gasteiger partial charge in [-0.25, -0.2) is 0 Å². The van der Waals surface area contributed by atoms with E-state index in [1.807, 2.05) is 0 Å². The van der Waals surface area contributed by atoms with Gasteiger partial charge in [0.25, 0.3) is 0 Å². The highest BCUT2D eigenvalue weighted by Crippen LogP contribution is 2.05. The lowest BCUT2D eigenvalue weighted by atomic mass is 10.1. The van der Waals surface area contributed by atoms with Crippen molar-refractivity contribution in [1.29, 1.82) is 0 Å². The lowest BCUT2D eigenvalue weighted by molar-refractivity contribution is 0.441. The molecule has 0 aliphatic carbocycles. The average Bonchev–Trinajstić information content (AvgIpc) is 2.14. The number of hydrogen-bond donors (Lipinski definition) is 2. The molecule has 0 amide bonds. The summed E-state index contributed by atoms with van der Waals surface area (Å²) >= 11 is 4.25. The van der Waals surface area contributed by atoms with Crippen LogP contribution in [-0.2, 0) is 0 Å². The van der Waals surface area contributed by atoms with Crippen molar-refractivity contribution in [3.8, 4) is 0 Å². The second-order valence-corrected chi connectivity index (χ2v) is 4.11. The van der Waals surface area contributed by atoms with E-state index in [1.165, 1.54) is 45.1 Å². The molecule has 0 saturated heterocycles. The maximum atomic E-state index is 4.25. The van der Waals surface area contributed by atoms with Crippen LogP contribution >= 0.6 is 12.6 Å². The van der Waals surface area contributed by atoms with Crippen LogP contribution in [0, 0.1) is 0 Å². The number of nitrogens with one attached hydrogen (secondary N) is 1. The Bertz CT molecular complexity index is 96.1. The molecular formula is C11H25NS. The summed E-state index contributed by atoms with van der Waals surface area (Å²) in [6.45, 7) is 5.69. The Morgan fingerprint density at radius 1 is 1.08 bits per heavy atom. The van der Waals surface area contributed by atoms with E-state index < -0.39 is 0 Å². The second kappa shape index (κ2) is 10.4. The van der Waals surface area contributed by atoms with Gasteiger partial charge in [0.2, 0.25) is 0 Å². The minimum Gasteiger partial charge on any atom is -0.314 e. The van der Waals surface area contributed by atoms with Gasteiger partial charge in [-0.15, -0.1) is 0 Å². The van der Waals surface area contributed by atoms with Crippen LogP contribution in [0.15, 0.2) is 0 Å². The van der Waals surface area contributed by atoms with Gasteiger partial charge in [-0.05, 0) is 38.0 Å². The largest absolute Gasteiger partial charge is 0.314 e. The van der Waals surface area contributed by atoms with Gasteiger partial charge < -0.3 is 5.32 Å². The van der Waals surface area contributed by atoms with Crippen molar-refractivity contribution in [3.05, 3.63) is 0 Å². The first-order valence-electron chi connectivity index (χ1n) is 5.69. The van der Waals surface area contributed by atoms with Gasteiger partial charge >= 0.3 is 0 Å². The van der Waals surface area contributed by atoms with Crippen molar-refractivity contribution < 1.29 is 0 Å². The molecule has 1 unspecified atom stereocenters. The van der Waals surface area contributed by atoms with Gasteiger partial charge in [0.1, 0.15) is 0 Å². The summed E-state index contributed by atoms with van der Waals surface area (Å²) < 4.78 is 0. The fourth-order valence-corrected chi connectivity index (χ4v) is 1.70. The Hall–Kier alpha value is 0.310. The summed E-state index contributed by atoms with van der Waals surface area (Å²) in [7, 11) is 0. The van der Waals surface area contributed by atoms with Crippen molar-refractivity contribution in [1.82, 2.24) is 5.32 Å². The van der Waals surface area contributed by atoms with E-state index in [0.717, 1.165) is 11.8 Å². The molecule has 0 radical (unpaired) electrons. The lowest BCUT2D eigenvalue weighted by Crippen LogP contribution is -2.29. The average molecular weight is 203 g/mol. The zero-order valence-corrected chi connectivity index (χ0v) is 10.1. The number of rotatable bonds is 9. The molecule has 2 heteroatoms. The van der Waals surface area contributed by atoms with Crippen LogP contribution in [0.1, 0.15) is 52.4 Å². The van der Waals surface area contributed by atoms with Crippen LogP contribution in [0.4, 0.5) is 0 Å². The second-order valence-electron chi connectivity index (χ2n) is 3.66. The molecule has 0 rings (SSSR count). The van der Waals surface area contributed by atoms with Gasteiger partial charge in [-0.3, -0.25) is 0 Å². The third-order valence-electron chi connectivity index (χ3n) is 2.31. The van der Waals surface area contributed by atoms with Crippen molar-refractivity contribution >= 4 is 12.6 Å². The number of unbranched alkanes of at least 4 members (excludes halogenated alkanes) is 1. The summed E-state index contributed by atoms with van der Waals surface area (Å²) in [6.07, 6.45) is 7.74. The van der Waals surface area contributed by atoms with Gasteiger partial charge in [-0.1, -0.05) is 26.7 Å². The van der Waals surface area contributed by atoms with Crippen LogP contribution in [-0.4, -0.2) is 18.3 Å². The van der Waals surface area contributed by atoms with E-state index in [1.54, 1.807) is 0 Å². The molecular weight excluding hydrogens is 178 g/mol. The van der Waals surface area contributed by atoms with Gasteiger partial charge in [-0.2, -0.15) is 12.6 Å². The highest BCUT2D eigenvalue weighted by molar-refractivity contribution is 7.80. The molecule has 0 aromatic rings. The first kappa shape index (κ1) is 13.3. The topological polar surface area (TPSA) is 12.0 Å². The van der Waals surface area contributed by atoms with Crippen LogP contribution in [0.2, 0.25) is 0 Å². The molecule has 0 aromatic carbocycles. The molecule has 1 nitrogen and oxygen atoms in total. The maximum Gasteiger partial charge on any atom is 0.00672 e. The molecule has 0 aromatic heterocycles. The molecule has 0 fully saturated rings. The van der Waals surface area contributed by atoms with E-state index in [2.05, 4.69) is 31.8 Å². The lowest BCUT2D eigenvalue weighted by Gasteiger charge is -2.17. The standard InChI is InChI=1S/C11H25NS/c1-3-5-9-12-11(7-4-2)8-6-10-13/h11-13H,3-10H2,1-2H3. The monoisotopic (exact) mass is 203 g/mol. The van der Waals surface area contributed by atoms with Crippen molar-refractivity contribution in [3.63, 3.8) is 0 Å². The van der Waals surface area contributed by atoms with Crippen LogP contribution < -0.4 is 5.32 Å². The number of hydrogen-bond acceptors (Lipinski definition) is 2. The molecule has 0 bridgehead atoms. The molecule has 0 spiro atoms. The molecule has 1 atom stereocenters. The highest BCUT2D eigenvalue weighted by atomic mass is 32.1. The summed E-state index contributed by atoms with van der Waals surface area (Å²) in [5.74, 6) is 1.02. The zero-order valence-electron chi connectivity index (χ0n) is 9.18. The SMILES string of the molecule is CCCCNC(CCC)CCCS. The Morgan fingerprint density at radius 2 is 1.85 bits per heavy atom. The fraction of sp³-hybridized carbons (Fsp3) is 1.00. The molecule has 0 heterocycles. The van der Waals surface area contributed by atoms with Crippen molar-refractivity contribution in [2.75, 3.05) is 12.3 Å². The predicted octanol–water partition coefficient (Wildman–Crippen LogP) is 3.25. The Kier molecular flexibility index (Phi) is 10.6. The zero-order chi connectivity index (χ0) is 9.94.